The van der Waals surface area contributed by atoms with Crippen LogP contribution in [0.1, 0.15) is 54.4 Å². The lowest BCUT2D eigenvalue weighted by Crippen LogP contribution is -2.32. The molecule has 1 aliphatic carbocycles. The minimum Gasteiger partial charge on any atom is -0.349 e. The molecule has 7 heteroatoms. The Morgan fingerprint density at radius 1 is 1.03 bits per heavy atom. The zero-order valence-electron chi connectivity index (χ0n) is 17.7. The quantitative estimate of drug-likeness (QED) is 0.491. The maximum atomic E-state index is 13.1. The van der Waals surface area contributed by atoms with Crippen LogP contribution in [0.2, 0.25) is 5.02 Å². The van der Waals surface area contributed by atoms with E-state index in [2.05, 4.69) is 21.2 Å². The van der Waals surface area contributed by atoms with Crippen LogP contribution < -0.4 is 5.32 Å². The molecule has 0 bridgehead atoms. The lowest BCUT2D eigenvalue weighted by atomic mass is 9.78. The first-order chi connectivity index (χ1) is 14.7. The normalized spacial score (nSPS) is 14.8. The van der Waals surface area contributed by atoms with Gasteiger partial charge < -0.3 is 10.2 Å². The Bertz CT molecular complexity index is 1000. The summed E-state index contributed by atoms with van der Waals surface area (Å²) in [6.07, 6.45) is 4.35. The summed E-state index contributed by atoms with van der Waals surface area (Å²) in [7, 11) is 3.47. The highest BCUT2D eigenvalue weighted by Gasteiger charge is 2.38. The first-order valence-electron chi connectivity index (χ1n) is 10.3. The number of hydrogen-bond donors (Lipinski definition) is 1. The van der Waals surface area contributed by atoms with Crippen molar-refractivity contribution in [1.29, 1.82) is 0 Å². The van der Waals surface area contributed by atoms with Gasteiger partial charge in [0.1, 0.15) is 0 Å². The molecule has 0 saturated heterocycles. The molecule has 3 rings (SSSR count). The van der Waals surface area contributed by atoms with E-state index in [1.807, 2.05) is 0 Å². The van der Waals surface area contributed by atoms with Crippen LogP contribution in [0, 0.1) is 5.41 Å². The van der Waals surface area contributed by atoms with Crippen molar-refractivity contribution in [2.75, 3.05) is 19.4 Å². The Morgan fingerprint density at radius 3 is 2.35 bits per heavy atom. The zero-order chi connectivity index (χ0) is 22.6. The van der Waals surface area contributed by atoms with E-state index in [-0.39, 0.29) is 29.4 Å². The molecule has 0 unspecified atom stereocenters. The molecule has 0 atom stereocenters. The van der Waals surface area contributed by atoms with Crippen LogP contribution >= 0.6 is 27.5 Å². The summed E-state index contributed by atoms with van der Waals surface area (Å²) in [6, 6.07) is 12.0. The molecule has 0 heterocycles. The van der Waals surface area contributed by atoms with Gasteiger partial charge in [0, 0.05) is 42.5 Å². The average Bonchev–Trinajstić information content (AvgIpc) is 3.16. The predicted molar refractivity (Wildman–Crippen MR) is 126 cm³/mol. The SMILES string of the molecule is CN(C)C(=O)CC1(CC(=O)Nc2ccc(Br)cc2C(=O)c2ccccc2Cl)CCCC1. The fourth-order valence-electron chi connectivity index (χ4n) is 4.16. The number of hydrogen-bond acceptors (Lipinski definition) is 3. The van der Waals surface area contributed by atoms with Crippen LogP contribution in [-0.4, -0.2) is 36.6 Å². The summed E-state index contributed by atoms with van der Waals surface area (Å²) >= 11 is 9.62. The van der Waals surface area contributed by atoms with Gasteiger partial charge in [-0.3, -0.25) is 14.4 Å². The molecule has 2 amide bonds. The molecular formula is C24H26BrClN2O3. The topological polar surface area (TPSA) is 66.5 Å². The Hall–Kier alpha value is -2.18. The first-order valence-corrected chi connectivity index (χ1v) is 11.5. The fraction of sp³-hybridized carbons (Fsp3) is 0.375. The van der Waals surface area contributed by atoms with Crippen LogP contribution in [-0.2, 0) is 9.59 Å². The third-order valence-electron chi connectivity index (χ3n) is 5.84. The number of carbonyl (C=O) groups is 3. The molecule has 0 spiro atoms. The molecule has 1 aliphatic rings. The number of amides is 2. The van der Waals surface area contributed by atoms with E-state index in [9.17, 15) is 14.4 Å². The number of halogens is 2. The van der Waals surface area contributed by atoms with Crippen LogP contribution in [0.4, 0.5) is 5.69 Å². The average molecular weight is 506 g/mol. The van der Waals surface area contributed by atoms with Crippen LogP contribution in [0.25, 0.3) is 0 Å². The van der Waals surface area contributed by atoms with Crippen LogP contribution in [0.15, 0.2) is 46.9 Å². The summed E-state index contributed by atoms with van der Waals surface area (Å²) in [5.74, 6) is -0.419. The first kappa shape index (κ1) is 23.5. The standard InChI is InChI=1S/C24H26BrClN2O3/c1-28(2)22(30)15-24(11-5-6-12-24)14-21(29)27-20-10-9-16(25)13-18(20)23(31)17-7-3-4-8-19(17)26/h3-4,7-10,13H,5-6,11-12,14-15H2,1-2H3,(H,27,29). The second kappa shape index (κ2) is 9.96. The van der Waals surface area contributed by atoms with Crippen molar-refractivity contribution in [3.8, 4) is 0 Å². The fourth-order valence-corrected chi connectivity index (χ4v) is 4.74. The van der Waals surface area contributed by atoms with E-state index >= 15 is 0 Å². The molecule has 2 aromatic rings. The number of ketones is 1. The van der Waals surface area contributed by atoms with Crippen molar-refractivity contribution >= 4 is 50.8 Å². The maximum Gasteiger partial charge on any atom is 0.224 e. The van der Waals surface area contributed by atoms with Gasteiger partial charge in [-0.1, -0.05) is 52.5 Å². The molecular weight excluding hydrogens is 480 g/mol. The Balaban J connectivity index is 1.82. The van der Waals surface area contributed by atoms with E-state index in [1.165, 1.54) is 0 Å². The van der Waals surface area contributed by atoms with Gasteiger partial charge in [0.25, 0.3) is 0 Å². The number of anilines is 1. The van der Waals surface area contributed by atoms with Gasteiger partial charge in [-0.05, 0) is 48.6 Å². The number of rotatable bonds is 7. The monoisotopic (exact) mass is 504 g/mol. The molecule has 5 nitrogen and oxygen atoms in total. The molecule has 1 fully saturated rings. The summed E-state index contributed by atoms with van der Waals surface area (Å²) in [4.78, 5) is 40.1. The van der Waals surface area contributed by atoms with Gasteiger partial charge in [-0.2, -0.15) is 0 Å². The smallest absolute Gasteiger partial charge is 0.224 e. The molecule has 1 N–H and O–H groups in total. The van der Waals surface area contributed by atoms with Gasteiger partial charge in [0.05, 0.1) is 10.7 Å². The number of benzene rings is 2. The number of nitrogens with one attached hydrogen (secondary N) is 1. The molecule has 164 valence electrons. The van der Waals surface area contributed by atoms with Crippen molar-refractivity contribution in [2.24, 2.45) is 5.41 Å². The van der Waals surface area contributed by atoms with Gasteiger partial charge in [0.15, 0.2) is 5.78 Å². The second-order valence-electron chi connectivity index (χ2n) is 8.40. The summed E-state index contributed by atoms with van der Waals surface area (Å²) < 4.78 is 0.727. The van der Waals surface area contributed by atoms with Crippen molar-refractivity contribution in [3.63, 3.8) is 0 Å². The van der Waals surface area contributed by atoms with Crippen molar-refractivity contribution in [2.45, 2.75) is 38.5 Å². The van der Waals surface area contributed by atoms with E-state index in [4.69, 9.17) is 11.6 Å². The van der Waals surface area contributed by atoms with Crippen molar-refractivity contribution in [3.05, 3.63) is 63.1 Å². The van der Waals surface area contributed by atoms with Crippen molar-refractivity contribution < 1.29 is 14.4 Å². The lowest BCUT2D eigenvalue weighted by molar-refractivity contribution is -0.131. The van der Waals surface area contributed by atoms with E-state index in [1.54, 1.807) is 61.5 Å². The molecule has 1 saturated carbocycles. The molecule has 0 aliphatic heterocycles. The largest absolute Gasteiger partial charge is 0.349 e. The van der Waals surface area contributed by atoms with Gasteiger partial charge in [-0.15, -0.1) is 0 Å². The number of carbonyl (C=O) groups excluding carboxylic acids is 3. The maximum absolute atomic E-state index is 13.1. The second-order valence-corrected chi connectivity index (χ2v) is 9.72. The Labute approximate surface area is 196 Å². The predicted octanol–water partition coefficient (Wildman–Crippen LogP) is 5.70. The highest BCUT2D eigenvalue weighted by Crippen LogP contribution is 2.44. The van der Waals surface area contributed by atoms with E-state index in [0.717, 1.165) is 30.2 Å². The molecule has 2 aromatic carbocycles. The minimum atomic E-state index is -0.326. The summed E-state index contributed by atoms with van der Waals surface area (Å²) in [6.45, 7) is 0. The molecule has 31 heavy (non-hydrogen) atoms. The summed E-state index contributed by atoms with van der Waals surface area (Å²) in [5, 5.41) is 3.27. The Morgan fingerprint density at radius 2 is 1.71 bits per heavy atom. The lowest BCUT2D eigenvalue weighted by Gasteiger charge is -2.29. The molecule has 0 aromatic heterocycles. The number of nitrogens with zero attached hydrogens (tertiary/aromatic N) is 1. The summed E-state index contributed by atoms with van der Waals surface area (Å²) in [5.41, 5.74) is 0.848. The zero-order valence-corrected chi connectivity index (χ0v) is 20.1. The van der Waals surface area contributed by atoms with Crippen molar-refractivity contribution in [1.82, 2.24) is 4.90 Å². The van der Waals surface area contributed by atoms with Gasteiger partial charge >= 0.3 is 0 Å². The van der Waals surface area contributed by atoms with Gasteiger partial charge in [0.2, 0.25) is 11.8 Å². The third kappa shape index (κ3) is 5.74. The molecule has 0 radical (unpaired) electrons. The van der Waals surface area contributed by atoms with Crippen LogP contribution in [0.5, 0.6) is 0 Å². The van der Waals surface area contributed by atoms with E-state index < -0.39 is 0 Å². The van der Waals surface area contributed by atoms with E-state index in [0.29, 0.717) is 28.3 Å². The Kier molecular flexibility index (Phi) is 7.55. The highest BCUT2D eigenvalue weighted by atomic mass is 79.9. The minimum absolute atomic E-state index is 0.0351. The highest BCUT2D eigenvalue weighted by molar-refractivity contribution is 9.10. The van der Waals surface area contributed by atoms with Gasteiger partial charge in [-0.25, -0.2) is 0 Å². The van der Waals surface area contributed by atoms with Crippen LogP contribution in [0.3, 0.4) is 0 Å². The third-order valence-corrected chi connectivity index (χ3v) is 6.67.